The maximum absolute atomic E-state index is 5.07. The van der Waals surface area contributed by atoms with Crippen LogP contribution in [0.1, 0.15) is 24.5 Å². The number of methoxy groups -OCH3 is 1. The molecule has 0 saturated carbocycles. The van der Waals surface area contributed by atoms with Crippen LogP contribution in [-0.2, 0) is 4.74 Å². The molecule has 0 spiro atoms. The topological polar surface area (TPSA) is 21.3 Å². The zero-order valence-electron chi connectivity index (χ0n) is 10.4. The molecule has 1 aromatic rings. The van der Waals surface area contributed by atoms with Crippen LogP contribution in [0.5, 0.6) is 0 Å². The first-order chi connectivity index (χ1) is 7.54. The number of halogens is 1. The van der Waals surface area contributed by atoms with E-state index in [1.54, 1.807) is 7.11 Å². The van der Waals surface area contributed by atoms with Crippen LogP contribution >= 0.6 is 15.9 Å². The Kier molecular flexibility index (Phi) is 5.29. The van der Waals surface area contributed by atoms with Crippen molar-refractivity contribution in [3.05, 3.63) is 27.7 Å². The maximum Gasteiger partial charge on any atom is 0.0481 e. The summed E-state index contributed by atoms with van der Waals surface area (Å²) in [7, 11) is 1.74. The SMILES string of the molecule is COCCC(C)Nc1cc(C)c(Br)c(C)c1. The molecule has 1 aromatic carbocycles. The van der Waals surface area contributed by atoms with Crippen LogP contribution in [0.15, 0.2) is 16.6 Å². The summed E-state index contributed by atoms with van der Waals surface area (Å²) >= 11 is 3.57. The third-order valence-electron chi connectivity index (χ3n) is 2.60. The number of ether oxygens (including phenoxy) is 1. The minimum Gasteiger partial charge on any atom is -0.385 e. The highest BCUT2D eigenvalue weighted by Gasteiger charge is 2.05. The summed E-state index contributed by atoms with van der Waals surface area (Å²) in [4.78, 5) is 0. The Balaban J connectivity index is 2.67. The monoisotopic (exact) mass is 285 g/mol. The largest absolute Gasteiger partial charge is 0.385 e. The number of aryl methyl sites for hydroxylation is 2. The molecule has 0 radical (unpaired) electrons. The van der Waals surface area contributed by atoms with Gasteiger partial charge in [0.25, 0.3) is 0 Å². The fraction of sp³-hybridized carbons (Fsp3) is 0.538. The normalized spacial score (nSPS) is 12.6. The van der Waals surface area contributed by atoms with E-state index in [9.17, 15) is 0 Å². The molecule has 90 valence electrons. The summed E-state index contributed by atoms with van der Waals surface area (Å²) < 4.78 is 6.27. The molecule has 16 heavy (non-hydrogen) atoms. The van der Waals surface area contributed by atoms with Crippen molar-refractivity contribution in [2.75, 3.05) is 19.0 Å². The fourth-order valence-corrected chi connectivity index (χ4v) is 1.91. The van der Waals surface area contributed by atoms with Gasteiger partial charge in [-0.05, 0) is 50.5 Å². The van der Waals surface area contributed by atoms with Crippen LogP contribution in [0.25, 0.3) is 0 Å². The third-order valence-corrected chi connectivity index (χ3v) is 3.86. The van der Waals surface area contributed by atoms with Gasteiger partial charge in [-0.25, -0.2) is 0 Å². The average molecular weight is 286 g/mol. The first kappa shape index (κ1) is 13.5. The van der Waals surface area contributed by atoms with Gasteiger partial charge in [0.2, 0.25) is 0 Å². The number of hydrogen-bond acceptors (Lipinski definition) is 2. The van der Waals surface area contributed by atoms with E-state index in [-0.39, 0.29) is 0 Å². The van der Waals surface area contributed by atoms with Gasteiger partial charge in [0.05, 0.1) is 0 Å². The molecule has 0 fully saturated rings. The summed E-state index contributed by atoms with van der Waals surface area (Å²) in [5, 5.41) is 3.48. The van der Waals surface area contributed by atoms with Crippen molar-refractivity contribution in [3.63, 3.8) is 0 Å². The highest BCUT2D eigenvalue weighted by Crippen LogP contribution is 2.25. The molecule has 1 rings (SSSR count). The van der Waals surface area contributed by atoms with Crippen LogP contribution in [0.2, 0.25) is 0 Å². The lowest BCUT2D eigenvalue weighted by molar-refractivity contribution is 0.191. The first-order valence-electron chi connectivity index (χ1n) is 5.56. The number of nitrogens with one attached hydrogen (secondary N) is 1. The predicted molar refractivity (Wildman–Crippen MR) is 73.2 cm³/mol. The molecule has 0 amide bonds. The molecule has 1 N–H and O–H groups in total. The number of anilines is 1. The number of hydrogen-bond donors (Lipinski definition) is 1. The van der Waals surface area contributed by atoms with Gasteiger partial charge >= 0.3 is 0 Å². The second-order valence-corrected chi connectivity index (χ2v) is 5.04. The Morgan fingerprint density at radius 3 is 2.38 bits per heavy atom. The molecule has 0 bridgehead atoms. The van der Waals surface area contributed by atoms with E-state index in [2.05, 4.69) is 54.2 Å². The van der Waals surface area contributed by atoms with E-state index < -0.39 is 0 Å². The summed E-state index contributed by atoms with van der Waals surface area (Å²) in [5.74, 6) is 0. The van der Waals surface area contributed by atoms with Gasteiger partial charge in [0.1, 0.15) is 0 Å². The van der Waals surface area contributed by atoms with Gasteiger partial charge in [-0.2, -0.15) is 0 Å². The lowest BCUT2D eigenvalue weighted by Crippen LogP contribution is -2.17. The molecule has 1 atom stereocenters. The van der Waals surface area contributed by atoms with Crippen LogP contribution in [0.4, 0.5) is 5.69 Å². The molecule has 1 unspecified atom stereocenters. The van der Waals surface area contributed by atoms with Gasteiger partial charge in [0, 0.05) is 29.9 Å². The van der Waals surface area contributed by atoms with Crippen molar-refractivity contribution >= 4 is 21.6 Å². The third kappa shape index (κ3) is 3.80. The smallest absolute Gasteiger partial charge is 0.0481 e. The molecule has 0 saturated heterocycles. The zero-order chi connectivity index (χ0) is 12.1. The van der Waals surface area contributed by atoms with Crippen molar-refractivity contribution < 1.29 is 4.74 Å². The highest BCUT2D eigenvalue weighted by atomic mass is 79.9. The lowest BCUT2D eigenvalue weighted by atomic mass is 10.1. The first-order valence-corrected chi connectivity index (χ1v) is 6.36. The summed E-state index contributed by atoms with van der Waals surface area (Å²) in [6.45, 7) is 7.19. The van der Waals surface area contributed by atoms with Gasteiger partial charge < -0.3 is 10.1 Å². The molecule has 0 aliphatic carbocycles. The molecule has 0 heterocycles. The van der Waals surface area contributed by atoms with Crippen LogP contribution in [0.3, 0.4) is 0 Å². The Morgan fingerprint density at radius 2 is 1.88 bits per heavy atom. The van der Waals surface area contributed by atoms with Crippen molar-refractivity contribution in [2.45, 2.75) is 33.2 Å². The Morgan fingerprint density at radius 1 is 1.31 bits per heavy atom. The second-order valence-electron chi connectivity index (χ2n) is 4.25. The Hall–Kier alpha value is -0.540. The van der Waals surface area contributed by atoms with Crippen molar-refractivity contribution in [2.24, 2.45) is 0 Å². The zero-order valence-corrected chi connectivity index (χ0v) is 12.0. The minimum atomic E-state index is 0.430. The van der Waals surface area contributed by atoms with E-state index >= 15 is 0 Å². The summed E-state index contributed by atoms with van der Waals surface area (Å²) in [6, 6.07) is 4.76. The predicted octanol–water partition coefficient (Wildman–Crippen LogP) is 3.90. The molecule has 0 aliphatic heterocycles. The van der Waals surface area contributed by atoms with Crippen molar-refractivity contribution in [1.29, 1.82) is 0 Å². The molecular weight excluding hydrogens is 266 g/mol. The number of benzene rings is 1. The standard InChI is InChI=1S/C13H20BrNO/c1-9-7-12(8-10(2)13(9)14)15-11(3)5-6-16-4/h7-8,11,15H,5-6H2,1-4H3. The Bertz CT molecular complexity index is 329. The second kappa shape index (κ2) is 6.26. The summed E-state index contributed by atoms with van der Waals surface area (Å²) in [6.07, 6.45) is 1.02. The Labute approximate surface area is 107 Å². The number of rotatable bonds is 5. The van der Waals surface area contributed by atoms with Crippen LogP contribution < -0.4 is 5.32 Å². The van der Waals surface area contributed by atoms with Crippen molar-refractivity contribution in [3.8, 4) is 0 Å². The van der Waals surface area contributed by atoms with E-state index in [4.69, 9.17) is 4.74 Å². The van der Waals surface area contributed by atoms with Crippen molar-refractivity contribution in [1.82, 2.24) is 0 Å². The quantitative estimate of drug-likeness (QED) is 0.886. The van der Waals surface area contributed by atoms with Gasteiger partial charge in [-0.15, -0.1) is 0 Å². The minimum absolute atomic E-state index is 0.430. The highest BCUT2D eigenvalue weighted by molar-refractivity contribution is 9.10. The van der Waals surface area contributed by atoms with Gasteiger partial charge in [-0.3, -0.25) is 0 Å². The fourth-order valence-electron chi connectivity index (χ4n) is 1.68. The van der Waals surface area contributed by atoms with Gasteiger partial charge in [-0.1, -0.05) is 15.9 Å². The average Bonchev–Trinajstić information content (AvgIpc) is 2.23. The van der Waals surface area contributed by atoms with E-state index in [0.29, 0.717) is 6.04 Å². The summed E-state index contributed by atoms with van der Waals surface area (Å²) in [5.41, 5.74) is 3.71. The van der Waals surface area contributed by atoms with Crippen LogP contribution in [0, 0.1) is 13.8 Å². The molecule has 0 aromatic heterocycles. The van der Waals surface area contributed by atoms with E-state index in [1.807, 2.05) is 0 Å². The molecule has 3 heteroatoms. The molecule has 0 aliphatic rings. The van der Waals surface area contributed by atoms with E-state index in [1.165, 1.54) is 21.3 Å². The van der Waals surface area contributed by atoms with Crippen LogP contribution in [-0.4, -0.2) is 19.8 Å². The van der Waals surface area contributed by atoms with Gasteiger partial charge in [0.15, 0.2) is 0 Å². The lowest BCUT2D eigenvalue weighted by Gasteiger charge is -2.16. The molecule has 2 nitrogen and oxygen atoms in total. The van der Waals surface area contributed by atoms with E-state index in [0.717, 1.165) is 13.0 Å². The maximum atomic E-state index is 5.07. The molecular formula is C13H20BrNO.